The van der Waals surface area contributed by atoms with Crippen molar-refractivity contribution in [1.82, 2.24) is 9.97 Å². The van der Waals surface area contributed by atoms with Gasteiger partial charge in [-0.05, 0) is 123 Å². The summed E-state index contributed by atoms with van der Waals surface area (Å²) >= 11 is 2.18. The average molecular weight is 706 g/mol. The maximum absolute atomic E-state index is 12.1. The SMILES string of the molecule is COC(=O)c1cc(B2OC(C)(C)C(C)(C)O2)cc(-c2ccc(C)cn2)c1.COC(=O)c1cc(I)cc(-c2ccc(C)cn2)c1. The van der Waals surface area contributed by atoms with E-state index >= 15 is 0 Å². The van der Waals surface area contributed by atoms with E-state index in [1.165, 1.54) is 14.2 Å². The summed E-state index contributed by atoms with van der Waals surface area (Å²) in [7, 11) is 2.19. The maximum Gasteiger partial charge on any atom is 0.494 e. The van der Waals surface area contributed by atoms with Crippen LogP contribution in [0.2, 0.25) is 0 Å². The first-order valence-electron chi connectivity index (χ1n) is 14.1. The Morgan fingerprint density at radius 3 is 1.59 bits per heavy atom. The number of ether oxygens (including phenoxy) is 2. The summed E-state index contributed by atoms with van der Waals surface area (Å²) in [5, 5.41) is 0. The highest BCUT2D eigenvalue weighted by atomic mass is 127. The Bertz CT molecular complexity index is 1640. The first-order chi connectivity index (χ1) is 20.7. The molecule has 0 amide bonds. The van der Waals surface area contributed by atoms with Gasteiger partial charge >= 0.3 is 19.1 Å². The van der Waals surface area contributed by atoms with Crippen LogP contribution < -0.4 is 5.46 Å². The molecule has 0 spiro atoms. The molecule has 1 aliphatic rings. The molecule has 0 atom stereocenters. The van der Waals surface area contributed by atoms with Crippen molar-refractivity contribution < 1.29 is 28.4 Å². The van der Waals surface area contributed by atoms with Crippen LogP contribution in [0.4, 0.5) is 0 Å². The van der Waals surface area contributed by atoms with Crippen LogP contribution in [-0.2, 0) is 18.8 Å². The predicted molar refractivity (Wildman–Crippen MR) is 180 cm³/mol. The standard InChI is InChI=1S/C20H24BNO4.C14H12INO2/c1-13-7-8-17(22-12-13)14-9-15(18(23)24-6)11-16(10-14)21-25-19(2,3)20(4,5)26-21;1-9-3-4-13(16-8-9)10-5-11(14(17)18-2)7-12(15)6-10/h7-12H,1-6H3;3-8H,1-2H3. The number of hydrogen-bond donors (Lipinski definition) is 0. The molecule has 8 nitrogen and oxygen atoms in total. The number of nitrogens with zero attached hydrogens (tertiary/aromatic N) is 2. The Hall–Kier alpha value is -3.61. The Kier molecular flexibility index (Phi) is 10.3. The number of halogens is 1. The van der Waals surface area contributed by atoms with E-state index in [4.69, 9.17) is 18.8 Å². The minimum Gasteiger partial charge on any atom is -0.465 e. The minimum atomic E-state index is -0.561. The Morgan fingerprint density at radius 2 is 1.16 bits per heavy atom. The molecule has 0 bridgehead atoms. The number of rotatable bonds is 5. The lowest BCUT2D eigenvalue weighted by molar-refractivity contribution is 0.00578. The molecule has 10 heteroatoms. The number of aromatic nitrogens is 2. The van der Waals surface area contributed by atoms with Gasteiger partial charge in [0.1, 0.15) is 0 Å². The molecular weight excluding hydrogens is 670 g/mol. The van der Waals surface area contributed by atoms with E-state index in [2.05, 4.69) is 32.6 Å². The van der Waals surface area contributed by atoms with Crippen molar-refractivity contribution in [3.8, 4) is 22.5 Å². The van der Waals surface area contributed by atoms with Crippen LogP contribution in [0.25, 0.3) is 22.5 Å². The molecule has 4 aromatic rings. The van der Waals surface area contributed by atoms with Crippen LogP contribution >= 0.6 is 22.6 Å². The molecule has 1 aliphatic heterocycles. The lowest BCUT2D eigenvalue weighted by Gasteiger charge is -2.32. The molecule has 44 heavy (non-hydrogen) atoms. The van der Waals surface area contributed by atoms with Gasteiger partial charge in [0.05, 0.1) is 47.9 Å². The summed E-state index contributed by atoms with van der Waals surface area (Å²) in [5.74, 6) is -0.737. The van der Waals surface area contributed by atoms with Gasteiger partial charge in [-0.3, -0.25) is 9.97 Å². The highest BCUT2D eigenvalue weighted by Gasteiger charge is 2.51. The molecule has 2 aromatic heterocycles. The van der Waals surface area contributed by atoms with E-state index in [1.54, 1.807) is 30.5 Å². The topological polar surface area (TPSA) is 96.8 Å². The number of carbonyl (C=O) groups excluding carboxylic acids is 2. The maximum atomic E-state index is 12.1. The van der Waals surface area contributed by atoms with Crippen molar-refractivity contribution in [2.75, 3.05) is 14.2 Å². The van der Waals surface area contributed by atoms with E-state index in [0.717, 1.165) is 42.7 Å². The van der Waals surface area contributed by atoms with Gasteiger partial charge in [-0.15, -0.1) is 0 Å². The van der Waals surface area contributed by atoms with Crippen molar-refractivity contribution in [3.63, 3.8) is 0 Å². The molecule has 3 heterocycles. The van der Waals surface area contributed by atoms with E-state index in [1.807, 2.05) is 84.1 Å². The zero-order chi connectivity index (χ0) is 32.2. The van der Waals surface area contributed by atoms with E-state index in [9.17, 15) is 9.59 Å². The van der Waals surface area contributed by atoms with Crippen molar-refractivity contribution in [2.45, 2.75) is 52.7 Å². The van der Waals surface area contributed by atoms with Crippen molar-refractivity contribution >= 4 is 47.1 Å². The van der Waals surface area contributed by atoms with Gasteiger partial charge in [-0.25, -0.2) is 9.59 Å². The number of methoxy groups -OCH3 is 2. The van der Waals surface area contributed by atoms with Gasteiger partial charge in [0.15, 0.2) is 0 Å². The van der Waals surface area contributed by atoms with Gasteiger partial charge in [-0.1, -0.05) is 18.2 Å². The third-order valence-electron chi connectivity index (χ3n) is 7.63. The van der Waals surface area contributed by atoms with Gasteiger partial charge < -0.3 is 18.8 Å². The number of esters is 2. The molecule has 0 saturated carbocycles. The average Bonchev–Trinajstić information content (AvgIpc) is 3.23. The molecular formula is C34H36BIN2O6. The summed E-state index contributed by atoms with van der Waals surface area (Å²) in [6.07, 6.45) is 3.61. The monoisotopic (exact) mass is 706 g/mol. The van der Waals surface area contributed by atoms with Crippen LogP contribution in [0.1, 0.15) is 59.5 Å². The molecule has 2 aromatic carbocycles. The summed E-state index contributed by atoms with van der Waals surface area (Å²) in [4.78, 5) is 32.5. The van der Waals surface area contributed by atoms with Gasteiger partial charge in [-0.2, -0.15) is 0 Å². The zero-order valence-corrected chi connectivity index (χ0v) is 28.4. The molecule has 0 aliphatic carbocycles. The molecule has 0 unspecified atom stereocenters. The summed E-state index contributed by atoms with van der Waals surface area (Å²) in [5.41, 5.74) is 6.38. The lowest BCUT2D eigenvalue weighted by Crippen LogP contribution is -2.41. The second-order valence-corrected chi connectivity index (χ2v) is 12.8. The number of carbonyl (C=O) groups is 2. The molecule has 1 saturated heterocycles. The van der Waals surface area contributed by atoms with Crippen LogP contribution in [0.15, 0.2) is 73.1 Å². The largest absolute Gasteiger partial charge is 0.494 e. The third-order valence-corrected chi connectivity index (χ3v) is 8.26. The fraction of sp³-hybridized carbons (Fsp3) is 0.294. The summed E-state index contributed by atoms with van der Waals surface area (Å²) in [6.45, 7) is 12.0. The second-order valence-electron chi connectivity index (χ2n) is 11.6. The van der Waals surface area contributed by atoms with Crippen LogP contribution in [-0.4, -0.2) is 54.4 Å². The number of benzene rings is 2. The van der Waals surface area contributed by atoms with Crippen molar-refractivity contribution in [1.29, 1.82) is 0 Å². The molecule has 0 radical (unpaired) electrons. The molecule has 0 N–H and O–H groups in total. The van der Waals surface area contributed by atoms with Crippen LogP contribution in [0.3, 0.4) is 0 Å². The smallest absolute Gasteiger partial charge is 0.465 e. The number of aryl methyl sites for hydroxylation is 2. The summed E-state index contributed by atoms with van der Waals surface area (Å²) < 4.78 is 22.9. The van der Waals surface area contributed by atoms with E-state index in [-0.39, 0.29) is 5.97 Å². The molecule has 228 valence electrons. The quantitative estimate of drug-likeness (QED) is 0.130. The Balaban J connectivity index is 0.000000215. The molecule has 1 fully saturated rings. The lowest BCUT2D eigenvalue weighted by atomic mass is 9.77. The Morgan fingerprint density at radius 1 is 0.705 bits per heavy atom. The van der Waals surface area contributed by atoms with Crippen LogP contribution in [0.5, 0.6) is 0 Å². The van der Waals surface area contributed by atoms with E-state index in [0.29, 0.717) is 11.1 Å². The zero-order valence-electron chi connectivity index (χ0n) is 26.2. The number of pyridine rings is 2. The molecule has 5 rings (SSSR count). The van der Waals surface area contributed by atoms with Gasteiger partial charge in [0.2, 0.25) is 0 Å². The second kappa shape index (κ2) is 13.6. The van der Waals surface area contributed by atoms with Gasteiger partial charge in [0.25, 0.3) is 0 Å². The Labute approximate surface area is 272 Å². The normalized spacial score (nSPS) is 14.8. The van der Waals surface area contributed by atoms with Gasteiger partial charge in [0, 0.05) is 27.1 Å². The third kappa shape index (κ3) is 7.72. The van der Waals surface area contributed by atoms with Crippen LogP contribution in [0, 0.1) is 17.4 Å². The minimum absolute atomic E-state index is 0.332. The van der Waals surface area contributed by atoms with E-state index < -0.39 is 24.3 Å². The number of hydrogen-bond acceptors (Lipinski definition) is 8. The highest BCUT2D eigenvalue weighted by molar-refractivity contribution is 14.1. The highest BCUT2D eigenvalue weighted by Crippen LogP contribution is 2.37. The predicted octanol–water partition coefficient (Wildman–Crippen LogP) is 6.59. The first kappa shape index (κ1) is 33.3. The fourth-order valence-corrected chi connectivity index (χ4v) is 5.07. The van der Waals surface area contributed by atoms with Crippen molar-refractivity contribution in [2.24, 2.45) is 0 Å². The van der Waals surface area contributed by atoms with Crippen molar-refractivity contribution in [3.05, 3.63) is 98.9 Å². The fourth-order valence-electron chi connectivity index (χ4n) is 4.40. The first-order valence-corrected chi connectivity index (χ1v) is 15.1. The summed E-state index contributed by atoms with van der Waals surface area (Å²) in [6, 6.07) is 18.9.